The first-order chi connectivity index (χ1) is 9.48. The Morgan fingerprint density at radius 1 is 1.55 bits per heavy atom. The van der Waals surface area contributed by atoms with E-state index in [-0.39, 0.29) is 11.4 Å². The Labute approximate surface area is 129 Å². The summed E-state index contributed by atoms with van der Waals surface area (Å²) in [6, 6.07) is 5.86. The number of nitrogens with one attached hydrogen (secondary N) is 1. The highest BCUT2D eigenvalue weighted by Gasteiger charge is 2.32. The average molecular weight is 355 g/mol. The van der Waals surface area contributed by atoms with Gasteiger partial charge in [0.1, 0.15) is 4.88 Å². The van der Waals surface area contributed by atoms with Crippen molar-refractivity contribution in [3.8, 4) is 0 Å². The summed E-state index contributed by atoms with van der Waals surface area (Å²) in [6.07, 6.45) is 0.828. The molecule has 1 aromatic carbocycles. The molecule has 3 N–H and O–H groups in total. The fourth-order valence-electron chi connectivity index (χ4n) is 2.35. The third-order valence-electron chi connectivity index (χ3n) is 3.53. The van der Waals surface area contributed by atoms with Crippen molar-refractivity contribution < 1.29 is 9.53 Å². The van der Waals surface area contributed by atoms with Gasteiger partial charge in [-0.1, -0.05) is 15.9 Å². The Balaban J connectivity index is 1.93. The number of nitrogens with two attached hydrogens (primary N) is 1. The van der Waals surface area contributed by atoms with Crippen molar-refractivity contribution in [1.29, 1.82) is 0 Å². The van der Waals surface area contributed by atoms with Crippen LogP contribution in [0.2, 0.25) is 0 Å². The van der Waals surface area contributed by atoms with Crippen LogP contribution in [0.25, 0.3) is 10.1 Å². The zero-order chi connectivity index (χ0) is 14.3. The van der Waals surface area contributed by atoms with Gasteiger partial charge in [-0.2, -0.15) is 0 Å². The average Bonchev–Trinajstić information content (AvgIpc) is 2.95. The Bertz CT molecular complexity index is 677. The predicted molar refractivity (Wildman–Crippen MR) is 85.2 cm³/mol. The molecule has 0 saturated carbocycles. The van der Waals surface area contributed by atoms with Gasteiger partial charge in [-0.3, -0.25) is 4.79 Å². The van der Waals surface area contributed by atoms with Crippen molar-refractivity contribution >= 4 is 48.9 Å². The predicted octanol–water partition coefficient (Wildman–Crippen LogP) is 3.15. The van der Waals surface area contributed by atoms with Crippen LogP contribution in [0.5, 0.6) is 0 Å². The molecule has 1 aliphatic heterocycles. The van der Waals surface area contributed by atoms with Gasteiger partial charge in [0.05, 0.1) is 17.8 Å². The standard InChI is InChI=1S/C14H15BrN2O2S/c1-14(4-5-19-7-14)17-13(18)12-11(16)9-6-8(15)2-3-10(9)20-12/h2-3,6H,4-5,7,16H2,1H3,(H,17,18). The molecule has 1 aliphatic rings. The lowest BCUT2D eigenvalue weighted by molar-refractivity contribution is 0.0895. The molecule has 4 nitrogen and oxygen atoms in total. The lowest BCUT2D eigenvalue weighted by Gasteiger charge is -2.23. The van der Waals surface area contributed by atoms with Crippen LogP contribution in [-0.2, 0) is 4.74 Å². The molecule has 0 bridgehead atoms. The Hall–Kier alpha value is -1.11. The van der Waals surface area contributed by atoms with E-state index in [9.17, 15) is 4.79 Å². The maximum Gasteiger partial charge on any atom is 0.264 e. The molecule has 2 heterocycles. The van der Waals surface area contributed by atoms with Crippen LogP contribution >= 0.6 is 27.3 Å². The van der Waals surface area contributed by atoms with Gasteiger partial charge in [0, 0.05) is 21.2 Å². The summed E-state index contributed by atoms with van der Waals surface area (Å²) >= 11 is 4.85. The van der Waals surface area contributed by atoms with E-state index in [1.807, 2.05) is 25.1 Å². The van der Waals surface area contributed by atoms with Gasteiger partial charge in [-0.05, 0) is 31.5 Å². The molecular formula is C14H15BrN2O2S. The number of carbonyl (C=O) groups is 1. The van der Waals surface area contributed by atoms with Gasteiger partial charge in [0.15, 0.2) is 0 Å². The summed E-state index contributed by atoms with van der Waals surface area (Å²) in [5.74, 6) is -0.118. The van der Waals surface area contributed by atoms with E-state index in [0.29, 0.717) is 23.8 Å². The van der Waals surface area contributed by atoms with Crippen molar-refractivity contribution in [3.05, 3.63) is 27.5 Å². The van der Waals surface area contributed by atoms with Gasteiger partial charge >= 0.3 is 0 Å². The molecule has 1 saturated heterocycles. The number of hydrogen-bond donors (Lipinski definition) is 2. The van der Waals surface area contributed by atoms with Crippen LogP contribution in [0.3, 0.4) is 0 Å². The van der Waals surface area contributed by atoms with Crippen molar-refractivity contribution in [1.82, 2.24) is 5.32 Å². The van der Waals surface area contributed by atoms with Gasteiger partial charge in [0.25, 0.3) is 5.91 Å². The van der Waals surface area contributed by atoms with Crippen molar-refractivity contribution in [3.63, 3.8) is 0 Å². The summed E-state index contributed by atoms with van der Waals surface area (Å²) in [7, 11) is 0. The Kier molecular flexibility index (Phi) is 3.48. The van der Waals surface area contributed by atoms with E-state index in [2.05, 4.69) is 21.2 Å². The SMILES string of the molecule is CC1(NC(=O)c2sc3ccc(Br)cc3c2N)CCOC1. The highest BCUT2D eigenvalue weighted by Crippen LogP contribution is 2.35. The largest absolute Gasteiger partial charge is 0.397 e. The summed E-state index contributed by atoms with van der Waals surface area (Å²) < 4.78 is 7.33. The lowest BCUT2D eigenvalue weighted by Crippen LogP contribution is -2.46. The third-order valence-corrected chi connectivity index (χ3v) is 5.21. The maximum atomic E-state index is 12.4. The van der Waals surface area contributed by atoms with Crippen LogP contribution in [0.15, 0.2) is 22.7 Å². The normalized spacial score (nSPS) is 22.3. The third kappa shape index (κ3) is 2.43. The second-order valence-corrected chi connectivity index (χ2v) is 7.27. The minimum absolute atomic E-state index is 0.118. The zero-order valence-corrected chi connectivity index (χ0v) is 13.4. The van der Waals surface area contributed by atoms with E-state index in [4.69, 9.17) is 10.5 Å². The smallest absolute Gasteiger partial charge is 0.264 e. The molecule has 1 unspecified atom stereocenters. The van der Waals surface area contributed by atoms with Crippen LogP contribution in [0.1, 0.15) is 23.0 Å². The van der Waals surface area contributed by atoms with Crippen LogP contribution in [0, 0.1) is 0 Å². The molecule has 3 rings (SSSR count). The van der Waals surface area contributed by atoms with E-state index in [1.54, 1.807) is 0 Å². The van der Waals surface area contributed by atoms with Crippen LogP contribution < -0.4 is 11.1 Å². The molecule has 106 valence electrons. The molecular weight excluding hydrogens is 340 g/mol. The highest BCUT2D eigenvalue weighted by molar-refractivity contribution is 9.10. The molecule has 2 aromatic rings. The second-order valence-electron chi connectivity index (χ2n) is 5.30. The number of benzene rings is 1. The summed E-state index contributed by atoms with van der Waals surface area (Å²) in [5.41, 5.74) is 6.38. The first-order valence-electron chi connectivity index (χ1n) is 6.36. The molecule has 1 amide bonds. The van der Waals surface area contributed by atoms with Gasteiger partial charge < -0.3 is 15.8 Å². The number of hydrogen-bond acceptors (Lipinski definition) is 4. The Morgan fingerprint density at radius 2 is 2.35 bits per heavy atom. The van der Waals surface area contributed by atoms with Gasteiger partial charge in [-0.25, -0.2) is 0 Å². The zero-order valence-electron chi connectivity index (χ0n) is 11.0. The highest BCUT2D eigenvalue weighted by atomic mass is 79.9. The molecule has 6 heteroatoms. The molecule has 1 aromatic heterocycles. The monoisotopic (exact) mass is 354 g/mol. The number of ether oxygens (including phenoxy) is 1. The van der Waals surface area contributed by atoms with Crippen molar-refractivity contribution in [2.75, 3.05) is 18.9 Å². The number of carbonyl (C=O) groups excluding carboxylic acids is 1. The fraction of sp³-hybridized carbons (Fsp3) is 0.357. The van der Waals surface area contributed by atoms with Crippen LogP contribution in [0.4, 0.5) is 5.69 Å². The molecule has 1 atom stereocenters. The van der Waals surface area contributed by atoms with Gasteiger partial charge in [0.2, 0.25) is 0 Å². The topological polar surface area (TPSA) is 64.4 Å². The summed E-state index contributed by atoms with van der Waals surface area (Å²) in [4.78, 5) is 13.0. The first kappa shape index (κ1) is 13.9. The molecule has 0 aliphatic carbocycles. The number of amides is 1. The molecule has 0 radical (unpaired) electrons. The number of rotatable bonds is 2. The van der Waals surface area contributed by atoms with E-state index in [1.165, 1.54) is 11.3 Å². The fourth-order valence-corrected chi connectivity index (χ4v) is 3.71. The first-order valence-corrected chi connectivity index (χ1v) is 7.97. The van der Waals surface area contributed by atoms with Crippen molar-refractivity contribution in [2.45, 2.75) is 18.9 Å². The second kappa shape index (κ2) is 5.02. The summed E-state index contributed by atoms with van der Waals surface area (Å²) in [6.45, 7) is 3.23. The number of nitrogen functional groups attached to an aromatic ring is 1. The quantitative estimate of drug-likeness (QED) is 0.870. The number of anilines is 1. The molecule has 0 spiro atoms. The minimum atomic E-state index is -0.291. The summed E-state index contributed by atoms with van der Waals surface area (Å²) in [5, 5.41) is 3.96. The minimum Gasteiger partial charge on any atom is -0.397 e. The van der Waals surface area contributed by atoms with Crippen molar-refractivity contribution in [2.24, 2.45) is 0 Å². The molecule has 1 fully saturated rings. The van der Waals surface area contributed by atoms with Gasteiger partial charge in [-0.15, -0.1) is 11.3 Å². The maximum absolute atomic E-state index is 12.4. The number of thiophene rings is 1. The van der Waals surface area contributed by atoms with E-state index >= 15 is 0 Å². The number of halogens is 1. The van der Waals surface area contributed by atoms with Crippen LogP contribution in [-0.4, -0.2) is 24.7 Å². The molecule has 20 heavy (non-hydrogen) atoms. The lowest BCUT2D eigenvalue weighted by atomic mass is 10.0. The Morgan fingerprint density at radius 3 is 3.05 bits per heavy atom. The van der Waals surface area contributed by atoms with E-state index < -0.39 is 0 Å². The number of fused-ring (bicyclic) bond motifs is 1. The van der Waals surface area contributed by atoms with E-state index in [0.717, 1.165) is 21.0 Å².